The van der Waals surface area contributed by atoms with Crippen LogP contribution in [0.4, 0.5) is 13.2 Å². The van der Waals surface area contributed by atoms with E-state index in [4.69, 9.17) is 4.74 Å². The van der Waals surface area contributed by atoms with Gasteiger partial charge < -0.3 is 25.6 Å². The van der Waals surface area contributed by atoms with Crippen LogP contribution in [-0.4, -0.2) is 77.2 Å². The molecular weight excluding hydrogens is 449 g/mol. The van der Waals surface area contributed by atoms with Crippen LogP contribution in [0.3, 0.4) is 0 Å². The van der Waals surface area contributed by atoms with Gasteiger partial charge >= 0.3 is 12.1 Å². The van der Waals surface area contributed by atoms with E-state index in [-0.39, 0.29) is 18.4 Å². The molecule has 2 amide bonds. The smallest absolute Gasteiger partial charge is 0.394 e. The zero-order valence-corrected chi connectivity index (χ0v) is 19.2. The number of thioether (sulfide) groups is 1. The molecule has 0 saturated heterocycles. The van der Waals surface area contributed by atoms with Gasteiger partial charge in [0, 0.05) is 24.0 Å². The first kappa shape index (κ1) is 27.2. The summed E-state index contributed by atoms with van der Waals surface area (Å²) in [7, 11) is 0. The van der Waals surface area contributed by atoms with Crippen LogP contribution < -0.4 is 10.6 Å². The van der Waals surface area contributed by atoms with E-state index >= 15 is 0 Å². The summed E-state index contributed by atoms with van der Waals surface area (Å²) in [6.45, 7) is 1.28. The number of amides is 2. The van der Waals surface area contributed by atoms with Gasteiger partial charge in [0.2, 0.25) is 5.91 Å². The van der Waals surface area contributed by atoms with E-state index in [1.807, 2.05) is 0 Å². The molecule has 0 heterocycles. The summed E-state index contributed by atoms with van der Waals surface area (Å²) < 4.78 is 42.9. The molecule has 2 rings (SSSR count). The summed E-state index contributed by atoms with van der Waals surface area (Å²) in [5, 5.41) is 24.4. The Morgan fingerprint density at radius 2 is 1.94 bits per heavy atom. The average molecular weight is 485 g/mol. The van der Waals surface area contributed by atoms with Crippen LogP contribution in [0.15, 0.2) is 0 Å². The van der Waals surface area contributed by atoms with Crippen molar-refractivity contribution in [3.05, 3.63) is 0 Å². The summed E-state index contributed by atoms with van der Waals surface area (Å²) in [5.41, 5.74) is 0. The van der Waals surface area contributed by atoms with E-state index in [0.717, 1.165) is 25.8 Å². The standard InChI is InChI=1S/C21H35F3N2O5S/c1-13(28)19(31-12-16(11-27)26-20(30)21(22,23)24)15-5-6-17(9-15)32-8-7-18(29)25-10-14-3-2-4-14/h13-17,19,27-28H,2-12H2,1H3,(H,25,29)(H,26,30)/t13-,15+,16+,17?,19?/m1/s1. The Labute approximate surface area is 191 Å². The maximum Gasteiger partial charge on any atom is 0.471 e. The van der Waals surface area contributed by atoms with Gasteiger partial charge in [-0.25, -0.2) is 0 Å². The molecule has 4 N–H and O–H groups in total. The van der Waals surface area contributed by atoms with Gasteiger partial charge in [-0.1, -0.05) is 6.42 Å². The summed E-state index contributed by atoms with van der Waals surface area (Å²) in [4.78, 5) is 23.0. The molecule has 0 aromatic heterocycles. The fraction of sp³-hybridized carbons (Fsp3) is 0.905. The molecule has 2 unspecified atom stereocenters. The number of halogens is 3. The van der Waals surface area contributed by atoms with Crippen LogP contribution in [-0.2, 0) is 14.3 Å². The number of aliphatic hydroxyl groups excluding tert-OH is 2. The lowest BCUT2D eigenvalue weighted by Gasteiger charge is -2.29. The minimum absolute atomic E-state index is 0.0117. The van der Waals surface area contributed by atoms with Crippen LogP contribution in [0.2, 0.25) is 0 Å². The summed E-state index contributed by atoms with van der Waals surface area (Å²) in [6.07, 6.45) is 0.0634. The predicted molar refractivity (Wildman–Crippen MR) is 115 cm³/mol. The van der Waals surface area contributed by atoms with Crippen LogP contribution >= 0.6 is 11.8 Å². The third kappa shape index (κ3) is 9.07. The number of hydrogen-bond acceptors (Lipinski definition) is 6. The van der Waals surface area contributed by atoms with Crippen molar-refractivity contribution < 1.29 is 37.7 Å². The van der Waals surface area contributed by atoms with Crippen molar-refractivity contribution in [2.45, 2.75) is 81.5 Å². The molecule has 0 spiro atoms. The molecule has 0 radical (unpaired) electrons. The van der Waals surface area contributed by atoms with Crippen molar-refractivity contribution in [2.24, 2.45) is 11.8 Å². The lowest BCUT2D eigenvalue weighted by Crippen LogP contribution is -2.48. The maximum atomic E-state index is 12.4. The molecule has 0 aliphatic heterocycles. The molecule has 0 bridgehead atoms. The Balaban J connectivity index is 1.70. The van der Waals surface area contributed by atoms with E-state index < -0.39 is 36.9 Å². The zero-order valence-electron chi connectivity index (χ0n) is 18.4. The number of hydrogen-bond donors (Lipinski definition) is 4. The zero-order chi connectivity index (χ0) is 23.7. The predicted octanol–water partition coefficient (Wildman–Crippen LogP) is 2.00. The largest absolute Gasteiger partial charge is 0.471 e. The van der Waals surface area contributed by atoms with Crippen molar-refractivity contribution in [3.8, 4) is 0 Å². The Morgan fingerprint density at radius 3 is 2.50 bits per heavy atom. The van der Waals surface area contributed by atoms with Gasteiger partial charge in [0.1, 0.15) is 0 Å². The minimum Gasteiger partial charge on any atom is -0.394 e. The average Bonchev–Trinajstić information content (AvgIpc) is 3.13. The maximum absolute atomic E-state index is 12.4. The van der Waals surface area contributed by atoms with Crippen LogP contribution in [0, 0.1) is 11.8 Å². The first-order valence-corrected chi connectivity index (χ1v) is 12.3. The van der Waals surface area contributed by atoms with Crippen molar-refractivity contribution in [1.29, 1.82) is 0 Å². The third-order valence-electron chi connectivity index (χ3n) is 6.16. The molecule has 5 atom stereocenters. The molecule has 32 heavy (non-hydrogen) atoms. The number of rotatable bonds is 13. The van der Waals surface area contributed by atoms with E-state index in [2.05, 4.69) is 5.32 Å². The first-order valence-electron chi connectivity index (χ1n) is 11.3. The van der Waals surface area contributed by atoms with Gasteiger partial charge in [-0.2, -0.15) is 24.9 Å². The summed E-state index contributed by atoms with van der Waals surface area (Å²) in [5.74, 6) is -0.711. The van der Waals surface area contributed by atoms with Gasteiger partial charge in [0.25, 0.3) is 0 Å². The second-order valence-electron chi connectivity index (χ2n) is 8.81. The van der Waals surface area contributed by atoms with Crippen molar-refractivity contribution in [3.63, 3.8) is 0 Å². The van der Waals surface area contributed by atoms with Crippen LogP contribution in [0.5, 0.6) is 0 Å². The van der Waals surface area contributed by atoms with Crippen molar-refractivity contribution in [2.75, 3.05) is 25.5 Å². The number of alkyl halides is 3. The lowest BCUT2D eigenvalue weighted by atomic mass is 9.85. The molecule has 2 aliphatic carbocycles. The lowest BCUT2D eigenvalue weighted by molar-refractivity contribution is -0.175. The Morgan fingerprint density at radius 1 is 1.22 bits per heavy atom. The van der Waals surface area contributed by atoms with Crippen molar-refractivity contribution in [1.82, 2.24) is 10.6 Å². The second-order valence-corrected chi connectivity index (χ2v) is 10.2. The summed E-state index contributed by atoms with van der Waals surface area (Å²) >= 11 is 1.72. The Bertz CT molecular complexity index is 604. The molecule has 7 nitrogen and oxygen atoms in total. The number of ether oxygens (including phenoxy) is 1. The Kier molecular flexibility index (Phi) is 11.1. The second kappa shape index (κ2) is 13.0. The molecule has 2 aliphatic rings. The highest BCUT2D eigenvalue weighted by Gasteiger charge is 2.40. The number of carbonyl (C=O) groups is 2. The van der Waals surface area contributed by atoms with E-state index in [1.165, 1.54) is 19.3 Å². The summed E-state index contributed by atoms with van der Waals surface area (Å²) in [6, 6.07) is -1.21. The third-order valence-corrected chi connectivity index (χ3v) is 7.50. The van der Waals surface area contributed by atoms with Crippen molar-refractivity contribution >= 4 is 23.6 Å². The first-order chi connectivity index (χ1) is 15.1. The molecular formula is C21H35F3N2O5S. The molecule has 2 saturated carbocycles. The molecule has 0 aromatic rings. The highest BCUT2D eigenvalue weighted by molar-refractivity contribution is 7.99. The van der Waals surface area contributed by atoms with Gasteiger partial charge in [-0.15, -0.1) is 0 Å². The molecule has 186 valence electrons. The molecule has 2 fully saturated rings. The minimum atomic E-state index is -5.04. The number of carbonyl (C=O) groups excluding carboxylic acids is 2. The molecule has 0 aromatic carbocycles. The van der Waals surface area contributed by atoms with Gasteiger partial charge in [-0.05, 0) is 50.9 Å². The highest BCUT2D eigenvalue weighted by atomic mass is 32.2. The Hall–Kier alpha value is -1.04. The van der Waals surface area contributed by atoms with E-state index in [9.17, 15) is 33.0 Å². The monoisotopic (exact) mass is 484 g/mol. The van der Waals surface area contributed by atoms with Crippen LogP contribution in [0.1, 0.15) is 51.9 Å². The molecule has 11 heteroatoms. The topological polar surface area (TPSA) is 108 Å². The SMILES string of the molecule is C[C@@H](O)C(OC[C@H](CO)NC(=O)C(F)(F)F)[C@H]1CCC(SCCC(=O)NCC2CCC2)C1. The fourth-order valence-corrected chi connectivity index (χ4v) is 5.41. The van der Waals surface area contributed by atoms with E-state index in [0.29, 0.717) is 23.3 Å². The number of nitrogens with one attached hydrogen (secondary N) is 2. The van der Waals surface area contributed by atoms with Gasteiger partial charge in [0.15, 0.2) is 0 Å². The number of aliphatic hydroxyl groups is 2. The quantitative estimate of drug-likeness (QED) is 0.319. The fourth-order valence-electron chi connectivity index (χ4n) is 4.09. The van der Waals surface area contributed by atoms with Gasteiger partial charge in [-0.3, -0.25) is 9.59 Å². The normalized spacial score (nSPS) is 24.4. The highest BCUT2D eigenvalue weighted by Crippen LogP contribution is 2.38. The van der Waals surface area contributed by atoms with E-state index in [1.54, 1.807) is 24.0 Å². The van der Waals surface area contributed by atoms with Crippen LogP contribution in [0.25, 0.3) is 0 Å². The van der Waals surface area contributed by atoms with Gasteiger partial charge in [0.05, 0.1) is 31.5 Å².